The van der Waals surface area contributed by atoms with Crippen molar-refractivity contribution in [3.05, 3.63) is 77.9 Å². The molecule has 5 nitrogen and oxygen atoms in total. The summed E-state index contributed by atoms with van der Waals surface area (Å²) in [6.07, 6.45) is 0. The second-order valence-electron chi connectivity index (χ2n) is 6.57. The van der Waals surface area contributed by atoms with E-state index in [-0.39, 0.29) is 18.4 Å². The van der Waals surface area contributed by atoms with Gasteiger partial charge in [-0.25, -0.2) is 0 Å². The molecule has 0 heterocycles. The lowest BCUT2D eigenvalue weighted by Crippen LogP contribution is -2.37. The molecule has 0 bridgehead atoms. The summed E-state index contributed by atoms with van der Waals surface area (Å²) in [6.45, 7) is 2.98. The number of carbonyl (C=O) groups excluding carboxylic acids is 2. The van der Waals surface area contributed by atoms with Gasteiger partial charge in [-0.15, -0.1) is 0 Å². The van der Waals surface area contributed by atoms with Gasteiger partial charge in [-0.05, 0) is 47.5 Å². The molecule has 28 heavy (non-hydrogen) atoms. The fourth-order valence-electron chi connectivity index (χ4n) is 2.94. The van der Waals surface area contributed by atoms with Crippen molar-refractivity contribution < 1.29 is 14.3 Å². The van der Waals surface area contributed by atoms with Gasteiger partial charge in [0, 0.05) is 19.2 Å². The molecule has 0 atom stereocenters. The number of hydrogen-bond acceptors (Lipinski definition) is 3. The van der Waals surface area contributed by atoms with Gasteiger partial charge in [-0.2, -0.15) is 0 Å². The Morgan fingerprint density at radius 3 is 2.39 bits per heavy atom. The first-order valence-electron chi connectivity index (χ1n) is 9.29. The number of nitrogens with zero attached hydrogens (tertiary/aromatic N) is 1. The van der Waals surface area contributed by atoms with E-state index in [1.54, 1.807) is 18.0 Å². The molecule has 0 fully saturated rings. The summed E-state index contributed by atoms with van der Waals surface area (Å²) in [6, 6.07) is 21.0. The van der Waals surface area contributed by atoms with Crippen LogP contribution in [0.4, 0.5) is 0 Å². The quantitative estimate of drug-likeness (QED) is 0.685. The smallest absolute Gasteiger partial charge is 0.251 e. The van der Waals surface area contributed by atoms with Gasteiger partial charge in [0.25, 0.3) is 5.91 Å². The van der Waals surface area contributed by atoms with Crippen LogP contribution in [0.25, 0.3) is 10.8 Å². The van der Waals surface area contributed by atoms with Crippen molar-refractivity contribution in [3.63, 3.8) is 0 Å². The Bertz CT molecular complexity index is 967. The minimum atomic E-state index is -0.256. The van der Waals surface area contributed by atoms with Crippen LogP contribution in [0.3, 0.4) is 0 Å². The standard InChI is InChI=1S/C23H24N2O3/c1-3-28-21-12-8-17(9-13-21)16-25(2)22(26)15-24-23(27)20-11-10-18-6-4-5-7-19(18)14-20/h4-14H,3,15-16H2,1-2H3,(H,24,27). The number of fused-ring (bicyclic) bond motifs is 1. The lowest BCUT2D eigenvalue weighted by molar-refractivity contribution is -0.129. The van der Waals surface area contributed by atoms with Crippen LogP contribution in [-0.2, 0) is 11.3 Å². The van der Waals surface area contributed by atoms with E-state index in [0.717, 1.165) is 22.1 Å². The average Bonchev–Trinajstić information content (AvgIpc) is 2.73. The maximum absolute atomic E-state index is 12.4. The molecule has 0 spiro atoms. The van der Waals surface area contributed by atoms with E-state index in [1.165, 1.54) is 0 Å². The molecule has 0 saturated heterocycles. The van der Waals surface area contributed by atoms with E-state index in [1.807, 2.05) is 67.6 Å². The van der Waals surface area contributed by atoms with Crippen LogP contribution in [0.5, 0.6) is 5.75 Å². The van der Waals surface area contributed by atoms with Gasteiger partial charge in [-0.3, -0.25) is 9.59 Å². The molecule has 0 unspecified atom stereocenters. The number of ether oxygens (including phenoxy) is 1. The molecule has 0 aromatic heterocycles. The van der Waals surface area contributed by atoms with E-state index in [2.05, 4.69) is 5.32 Å². The third-order valence-electron chi connectivity index (χ3n) is 4.49. The van der Waals surface area contributed by atoms with Gasteiger partial charge >= 0.3 is 0 Å². The Balaban J connectivity index is 1.53. The first-order chi connectivity index (χ1) is 13.6. The molecule has 5 heteroatoms. The topological polar surface area (TPSA) is 58.6 Å². The number of likely N-dealkylation sites (N-methyl/N-ethyl adjacent to an activating group) is 1. The number of rotatable bonds is 7. The van der Waals surface area contributed by atoms with Gasteiger partial charge < -0.3 is 15.0 Å². The highest BCUT2D eigenvalue weighted by Gasteiger charge is 2.12. The van der Waals surface area contributed by atoms with Crippen LogP contribution in [0, 0.1) is 0 Å². The second-order valence-corrected chi connectivity index (χ2v) is 6.57. The maximum Gasteiger partial charge on any atom is 0.251 e. The molecule has 2 amide bonds. The highest BCUT2D eigenvalue weighted by Crippen LogP contribution is 2.16. The summed E-state index contributed by atoms with van der Waals surface area (Å²) in [4.78, 5) is 26.3. The summed E-state index contributed by atoms with van der Waals surface area (Å²) >= 11 is 0. The van der Waals surface area contributed by atoms with E-state index >= 15 is 0 Å². The third kappa shape index (κ3) is 4.88. The van der Waals surface area contributed by atoms with Crippen molar-refractivity contribution in [2.75, 3.05) is 20.2 Å². The predicted octanol–water partition coefficient (Wildman–Crippen LogP) is 3.63. The number of carbonyl (C=O) groups is 2. The molecule has 0 saturated carbocycles. The third-order valence-corrected chi connectivity index (χ3v) is 4.49. The monoisotopic (exact) mass is 376 g/mol. The number of nitrogens with one attached hydrogen (secondary N) is 1. The van der Waals surface area contributed by atoms with Crippen LogP contribution >= 0.6 is 0 Å². The van der Waals surface area contributed by atoms with Gasteiger partial charge in [0.05, 0.1) is 13.2 Å². The van der Waals surface area contributed by atoms with Crippen molar-refractivity contribution in [3.8, 4) is 5.75 Å². The zero-order valence-electron chi connectivity index (χ0n) is 16.1. The molecule has 0 aliphatic carbocycles. The predicted molar refractivity (Wildman–Crippen MR) is 110 cm³/mol. The van der Waals surface area contributed by atoms with Gasteiger partial charge in [0.15, 0.2) is 0 Å². The van der Waals surface area contributed by atoms with Gasteiger partial charge in [0.1, 0.15) is 5.75 Å². The van der Waals surface area contributed by atoms with E-state index in [0.29, 0.717) is 18.7 Å². The minimum Gasteiger partial charge on any atom is -0.494 e. The van der Waals surface area contributed by atoms with E-state index < -0.39 is 0 Å². The molecule has 3 aromatic carbocycles. The van der Waals surface area contributed by atoms with E-state index in [4.69, 9.17) is 4.74 Å². The molecular weight excluding hydrogens is 352 g/mol. The molecule has 3 aromatic rings. The van der Waals surface area contributed by atoms with Crippen LogP contribution in [0.1, 0.15) is 22.8 Å². The summed E-state index contributed by atoms with van der Waals surface area (Å²) < 4.78 is 5.42. The molecule has 0 radical (unpaired) electrons. The summed E-state index contributed by atoms with van der Waals surface area (Å²) in [5, 5.41) is 4.77. The first kappa shape index (κ1) is 19.4. The SMILES string of the molecule is CCOc1ccc(CN(C)C(=O)CNC(=O)c2ccc3ccccc3c2)cc1. The lowest BCUT2D eigenvalue weighted by Gasteiger charge is -2.18. The van der Waals surface area contributed by atoms with Gasteiger partial charge in [0.2, 0.25) is 5.91 Å². The van der Waals surface area contributed by atoms with Gasteiger partial charge in [-0.1, -0.05) is 42.5 Å². The van der Waals surface area contributed by atoms with Crippen LogP contribution in [0.15, 0.2) is 66.7 Å². The molecule has 3 rings (SSSR count). The normalized spacial score (nSPS) is 10.5. The Morgan fingerprint density at radius 2 is 1.68 bits per heavy atom. The zero-order valence-corrected chi connectivity index (χ0v) is 16.1. The van der Waals surface area contributed by atoms with E-state index in [9.17, 15) is 9.59 Å². The lowest BCUT2D eigenvalue weighted by atomic mass is 10.1. The molecular formula is C23H24N2O3. The molecule has 0 aliphatic rings. The molecule has 1 N–H and O–H groups in total. The highest BCUT2D eigenvalue weighted by molar-refractivity contribution is 5.99. The Kier molecular flexibility index (Phi) is 6.27. The van der Waals surface area contributed by atoms with Crippen molar-refractivity contribution in [1.29, 1.82) is 0 Å². The summed E-state index contributed by atoms with van der Waals surface area (Å²) in [7, 11) is 1.72. The largest absolute Gasteiger partial charge is 0.494 e. The molecule has 0 aliphatic heterocycles. The number of benzene rings is 3. The fourth-order valence-corrected chi connectivity index (χ4v) is 2.94. The van der Waals surface area contributed by atoms with Crippen LogP contribution in [0.2, 0.25) is 0 Å². The summed E-state index contributed by atoms with van der Waals surface area (Å²) in [5.41, 5.74) is 1.54. The zero-order chi connectivity index (χ0) is 19.9. The van der Waals surface area contributed by atoms with Crippen molar-refractivity contribution in [2.24, 2.45) is 0 Å². The van der Waals surface area contributed by atoms with Crippen molar-refractivity contribution in [1.82, 2.24) is 10.2 Å². The first-order valence-corrected chi connectivity index (χ1v) is 9.29. The van der Waals surface area contributed by atoms with Crippen molar-refractivity contribution >= 4 is 22.6 Å². The Morgan fingerprint density at radius 1 is 0.964 bits per heavy atom. The minimum absolute atomic E-state index is 0.0425. The number of hydrogen-bond donors (Lipinski definition) is 1. The van der Waals surface area contributed by atoms with Crippen molar-refractivity contribution in [2.45, 2.75) is 13.5 Å². The fraction of sp³-hybridized carbons (Fsp3) is 0.217. The number of amides is 2. The Labute approximate surface area is 164 Å². The maximum atomic E-state index is 12.4. The average molecular weight is 376 g/mol. The summed E-state index contributed by atoms with van der Waals surface area (Å²) in [5.74, 6) is 0.402. The highest BCUT2D eigenvalue weighted by atomic mass is 16.5. The van der Waals surface area contributed by atoms with Crippen LogP contribution in [-0.4, -0.2) is 36.9 Å². The second kappa shape index (κ2) is 9.04. The van der Waals surface area contributed by atoms with Crippen LogP contribution < -0.4 is 10.1 Å². The Hall–Kier alpha value is -3.34. The molecule has 144 valence electrons.